The predicted molar refractivity (Wildman–Crippen MR) is 103 cm³/mol. The standard InChI is InChI=1S/C19H20N8O/c1-13-10-28-7-6-26(13)17-8-15(19(11-20)3-5-21-12-19)14-9-23-27(18(14)24-17)16-2-4-22-25-16/h2,4,8-10,21H,3,5-7,12H2,1H3,(H,22,25). The fourth-order valence-electron chi connectivity index (χ4n) is 4.00. The summed E-state index contributed by atoms with van der Waals surface area (Å²) in [5, 5.41) is 25.8. The first-order valence-electron chi connectivity index (χ1n) is 9.29. The molecule has 9 nitrogen and oxygen atoms in total. The number of allylic oxidation sites excluding steroid dienone is 1. The van der Waals surface area contributed by atoms with Crippen molar-refractivity contribution in [2.45, 2.75) is 18.8 Å². The number of nitrogens with one attached hydrogen (secondary N) is 2. The van der Waals surface area contributed by atoms with E-state index in [2.05, 4.69) is 31.6 Å². The molecule has 0 aliphatic carbocycles. The summed E-state index contributed by atoms with van der Waals surface area (Å²) in [6.07, 6.45) is 5.98. The van der Waals surface area contributed by atoms with Crippen molar-refractivity contribution in [3.63, 3.8) is 0 Å². The van der Waals surface area contributed by atoms with Crippen molar-refractivity contribution in [1.29, 1.82) is 5.26 Å². The predicted octanol–water partition coefficient (Wildman–Crippen LogP) is 1.60. The largest absolute Gasteiger partial charge is 0.498 e. The van der Waals surface area contributed by atoms with E-state index in [1.165, 1.54) is 0 Å². The molecule has 3 aromatic heterocycles. The normalized spacial score (nSPS) is 22.1. The Morgan fingerprint density at radius 1 is 1.39 bits per heavy atom. The van der Waals surface area contributed by atoms with Crippen LogP contribution in [0.5, 0.6) is 0 Å². The van der Waals surface area contributed by atoms with Gasteiger partial charge in [-0.05, 0) is 31.5 Å². The van der Waals surface area contributed by atoms with Gasteiger partial charge in [-0.2, -0.15) is 20.1 Å². The van der Waals surface area contributed by atoms with Gasteiger partial charge < -0.3 is 15.0 Å². The van der Waals surface area contributed by atoms with Crippen LogP contribution in [0.1, 0.15) is 18.9 Å². The Labute approximate surface area is 161 Å². The molecule has 5 heterocycles. The number of nitriles is 1. The summed E-state index contributed by atoms with van der Waals surface area (Å²) in [4.78, 5) is 7.03. The Bertz CT molecular complexity index is 1090. The fraction of sp³-hybridized carbons (Fsp3) is 0.368. The van der Waals surface area contributed by atoms with E-state index in [1.807, 2.05) is 19.1 Å². The lowest BCUT2D eigenvalue weighted by atomic mass is 9.80. The van der Waals surface area contributed by atoms with Gasteiger partial charge in [0.05, 0.1) is 36.1 Å². The third-order valence-electron chi connectivity index (χ3n) is 5.52. The van der Waals surface area contributed by atoms with E-state index in [0.29, 0.717) is 25.3 Å². The molecule has 1 atom stereocenters. The maximum absolute atomic E-state index is 10.1. The molecule has 5 rings (SSSR count). The molecular weight excluding hydrogens is 356 g/mol. The van der Waals surface area contributed by atoms with Gasteiger partial charge in [0.25, 0.3) is 0 Å². The number of pyridine rings is 1. The van der Waals surface area contributed by atoms with Crippen LogP contribution < -0.4 is 10.2 Å². The van der Waals surface area contributed by atoms with Gasteiger partial charge in [-0.25, -0.2) is 4.98 Å². The molecule has 2 aliphatic rings. The molecule has 28 heavy (non-hydrogen) atoms. The number of nitrogens with zero attached hydrogens (tertiary/aromatic N) is 6. The number of aromatic nitrogens is 5. The van der Waals surface area contributed by atoms with Crippen molar-refractivity contribution in [2.75, 3.05) is 31.1 Å². The van der Waals surface area contributed by atoms with Crippen LogP contribution in [0.3, 0.4) is 0 Å². The molecule has 0 bridgehead atoms. The lowest BCUT2D eigenvalue weighted by molar-refractivity contribution is 0.240. The molecule has 2 N–H and O–H groups in total. The lowest BCUT2D eigenvalue weighted by Crippen LogP contribution is -2.31. The van der Waals surface area contributed by atoms with E-state index < -0.39 is 5.41 Å². The summed E-state index contributed by atoms with van der Waals surface area (Å²) in [5.74, 6) is 1.53. The van der Waals surface area contributed by atoms with Gasteiger partial charge in [0.15, 0.2) is 11.5 Å². The minimum atomic E-state index is -0.596. The number of rotatable bonds is 3. The zero-order chi connectivity index (χ0) is 19.1. The van der Waals surface area contributed by atoms with Crippen LogP contribution in [-0.2, 0) is 10.2 Å². The summed E-state index contributed by atoms with van der Waals surface area (Å²) >= 11 is 0. The fourth-order valence-corrected chi connectivity index (χ4v) is 4.00. The first kappa shape index (κ1) is 16.8. The number of hydrogen-bond donors (Lipinski definition) is 2. The Hall–Kier alpha value is -3.38. The SMILES string of the molecule is CC1=COCCN1c1cc(C2(C#N)CCNC2)c2cnn(-c3ccn[nH]3)c2n1. The highest BCUT2D eigenvalue weighted by atomic mass is 16.5. The second-order valence-electron chi connectivity index (χ2n) is 7.17. The molecule has 1 unspecified atom stereocenters. The van der Waals surface area contributed by atoms with Crippen molar-refractivity contribution in [3.8, 4) is 11.9 Å². The number of hydrogen-bond acceptors (Lipinski definition) is 7. The first-order chi connectivity index (χ1) is 13.7. The minimum absolute atomic E-state index is 0.594. The van der Waals surface area contributed by atoms with Gasteiger partial charge in [-0.3, -0.25) is 5.10 Å². The molecule has 1 fully saturated rings. The second kappa shape index (κ2) is 6.35. The molecule has 9 heteroatoms. The zero-order valence-electron chi connectivity index (χ0n) is 15.5. The molecule has 3 aromatic rings. The van der Waals surface area contributed by atoms with E-state index in [1.54, 1.807) is 23.3 Å². The molecule has 2 aliphatic heterocycles. The maximum atomic E-state index is 10.1. The minimum Gasteiger partial charge on any atom is -0.498 e. The average molecular weight is 376 g/mol. The highest BCUT2D eigenvalue weighted by Crippen LogP contribution is 2.37. The summed E-state index contributed by atoms with van der Waals surface area (Å²) < 4.78 is 7.17. The zero-order valence-corrected chi connectivity index (χ0v) is 15.5. The second-order valence-corrected chi connectivity index (χ2v) is 7.17. The molecule has 0 aromatic carbocycles. The van der Waals surface area contributed by atoms with Gasteiger partial charge in [-0.1, -0.05) is 0 Å². The smallest absolute Gasteiger partial charge is 0.167 e. The molecule has 0 spiro atoms. The van der Waals surface area contributed by atoms with Crippen molar-refractivity contribution < 1.29 is 4.74 Å². The van der Waals surface area contributed by atoms with E-state index in [-0.39, 0.29) is 0 Å². The quantitative estimate of drug-likeness (QED) is 0.715. The van der Waals surface area contributed by atoms with Gasteiger partial charge in [0, 0.05) is 18.0 Å². The van der Waals surface area contributed by atoms with Gasteiger partial charge in [0.1, 0.15) is 18.7 Å². The van der Waals surface area contributed by atoms with Crippen LogP contribution in [0.2, 0.25) is 0 Å². The monoisotopic (exact) mass is 376 g/mol. The maximum Gasteiger partial charge on any atom is 0.167 e. The van der Waals surface area contributed by atoms with Crippen LogP contribution >= 0.6 is 0 Å². The van der Waals surface area contributed by atoms with Crippen molar-refractivity contribution in [2.24, 2.45) is 0 Å². The Morgan fingerprint density at radius 3 is 3.04 bits per heavy atom. The average Bonchev–Trinajstić information content (AvgIpc) is 3.47. The van der Waals surface area contributed by atoms with E-state index in [9.17, 15) is 5.26 Å². The summed E-state index contributed by atoms with van der Waals surface area (Å²) in [5.41, 5.74) is 2.05. The Morgan fingerprint density at radius 2 is 2.32 bits per heavy atom. The lowest BCUT2D eigenvalue weighted by Gasteiger charge is -2.29. The van der Waals surface area contributed by atoms with E-state index in [0.717, 1.165) is 41.2 Å². The third kappa shape index (κ3) is 2.46. The van der Waals surface area contributed by atoms with E-state index >= 15 is 0 Å². The number of ether oxygens (including phenoxy) is 1. The van der Waals surface area contributed by atoms with Gasteiger partial charge >= 0.3 is 0 Å². The third-order valence-corrected chi connectivity index (χ3v) is 5.52. The molecule has 0 saturated carbocycles. The van der Waals surface area contributed by atoms with Crippen LogP contribution in [-0.4, -0.2) is 51.2 Å². The molecule has 0 amide bonds. The molecule has 142 valence electrons. The van der Waals surface area contributed by atoms with Crippen LogP contribution in [0.4, 0.5) is 5.82 Å². The summed E-state index contributed by atoms with van der Waals surface area (Å²) in [7, 11) is 0. The molecular formula is C19H20N8O. The van der Waals surface area contributed by atoms with Crippen molar-refractivity contribution >= 4 is 16.9 Å². The summed E-state index contributed by atoms with van der Waals surface area (Å²) in [6, 6.07) is 6.45. The first-order valence-corrected chi connectivity index (χ1v) is 9.29. The number of H-pyrrole nitrogens is 1. The molecule has 0 radical (unpaired) electrons. The van der Waals surface area contributed by atoms with Gasteiger partial charge in [0.2, 0.25) is 0 Å². The highest BCUT2D eigenvalue weighted by molar-refractivity contribution is 5.84. The highest BCUT2D eigenvalue weighted by Gasteiger charge is 2.39. The van der Waals surface area contributed by atoms with Crippen LogP contribution in [0, 0.1) is 11.3 Å². The number of aromatic amines is 1. The van der Waals surface area contributed by atoms with Crippen LogP contribution in [0.15, 0.2) is 36.5 Å². The van der Waals surface area contributed by atoms with E-state index in [4.69, 9.17) is 9.72 Å². The van der Waals surface area contributed by atoms with Crippen LogP contribution in [0.25, 0.3) is 16.9 Å². The Balaban J connectivity index is 1.77. The molecule has 1 saturated heterocycles. The number of anilines is 1. The van der Waals surface area contributed by atoms with Gasteiger partial charge in [-0.15, -0.1) is 0 Å². The summed E-state index contributed by atoms with van der Waals surface area (Å²) in [6.45, 7) is 4.73. The number of fused-ring (bicyclic) bond motifs is 1. The topological polar surface area (TPSA) is 108 Å². The Kier molecular flexibility index (Phi) is 3.80. The van der Waals surface area contributed by atoms with Crippen molar-refractivity contribution in [1.82, 2.24) is 30.3 Å². The van der Waals surface area contributed by atoms with Crippen molar-refractivity contribution in [3.05, 3.63) is 42.0 Å².